The maximum atomic E-state index is 13.1. The van der Waals surface area contributed by atoms with Gasteiger partial charge in [-0.25, -0.2) is 9.59 Å². The fourth-order valence-electron chi connectivity index (χ4n) is 4.69. The Labute approximate surface area is 180 Å². The van der Waals surface area contributed by atoms with E-state index in [1.54, 1.807) is 4.90 Å². The second-order valence-corrected chi connectivity index (χ2v) is 8.41. The molecule has 1 aliphatic carbocycles. The van der Waals surface area contributed by atoms with Crippen LogP contribution >= 0.6 is 0 Å². The third kappa shape index (κ3) is 4.68. The molecule has 4 rings (SSSR count). The van der Waals surface area contributed by atoms with Crippen LogP contribution in [0.25, 0.3) is 0 Å². The fourth-order valence-corrected chi connectivity index (χ4v) is 4.69. The summed E-state index contributed by atoms with van der Waals surface area (Å²) in [6, 6.07) is 10.3. The molecule has 1 aromatic heterocycles. The molecular formula is C23H29N3O5. The molecule has 1 saturated carbocycles. The van der Waals surface area contributed by atoms with Crippen LogP contribution in [0.2, 0.25) is 0 Å². The topological polar surface area (TPSA) is 93.8 Å². The molecule has 0 bridgehead atoms. The summed E-state index contributed by atoms with van der Waals surface area (Å²) < 4.78 is 8.05. The van der Waals surface area contributed by atoms with Gasteiger partial charge in [0.25, 0.3) is 5.56 Å². The maximum Gasteiger partial charge on any atom is 0.410 e. The Morgan fingerprint density at radius 1 is 0.935 bits per heavy atom. The fraction of sp³-hybridized carbons (Fsp3) is 0.522. The molecule has 2 fully saturated rings. The van der Waals surface area contributed by atoms with Gasteiger partial charge in [0.1, 0.15) is 6.61 Å². The first-order chi connectivity index (χ1) is 15.0. The normalized spacial score (nSPS) is 18.1. The zero-order valence-electron chi connectivity index (χ0n) is 17.6. The van der Waals surface area contributed by atoms with Gasteiger partial charge in [-0.05, 0) is 31.2 Å². The lowest BCUT2D eigenvalue weighted by atomic mass is 9.95. The number of rotatable bonds is 4. The highest BCUT2D eigenvalue weighted by Gasteiger charge is 2.29. The van der Waals surface area contributed by atoms with E-state index >= 15 is 0 Å². The van der Waals surface area contributed by atoms with E-state index in [-0.39, 0.29) is 30.7 Å². The van der Waals surface area contributed by atoms with E-state index in [2.05, 4.69) is 0 Å². The maximum absolute atomic E-state index is 13.1. The van der Waals surface area contributed by atoms with Gasteiger partial charge in [-0.2, -0.15) is 0 Å². The van der Waals surface area contributed by atoms with Crippen LogP contribution in [0, 0.1) is 0 Å². The number of ether oxygens (including phenoxy) is 1. The highest BCUT2D eigenvalue weighted by molar-refractivity contribution is 5.67. The van der Waals surface area contributed by atoms with Crippen LogP contribution in [0.3, 0.4) is 0 Å². The number of aromatic nitrogens is 2. The first-order valence-corrected chi connectivity index (χ1v) is 11.1. The number of hydrogen-bond acceptors (Lipinski definition) is 5. The number of amides is 1. The molecule has 0 atom stereocenters. The largest absolute Gasteiger partial charge is 0.494 e. The van der Waals surface area contributed by atoms with Gasteiger partial charge in [-0.15, -0.1) is 0 Å². The molecule has 166 valence electrons. The summed E-state index contributed by atoms with van der Waals surface area (Å²) in [6.07, 6.45) is 5.38. The molecule has 1 aliphatic heterocycles. The summed E-state index contributed by atoms with van der Waals surface area (Å²) in [7, 11) is 0. The zero-order valence-corrected chi connectivity index (χ0v) is 17.6. The average molecular weight is 428 g/mol. The van der Waals surface area contributed by atoms with E-state index in [0.717, 1.165) is 43.7 Å². The second-order valence-electron chi connectivity index (χ2n) is 8.41. The lowest BCUT2D eigenvalue weighted by molar-refractivity contribution is 0.0818. The molecular weight excluding hydrogens is 398 g/mol. The highest BCUT2D eigenvalue weighted by Crippen LogP contribution is 2.28. The monoisotopic (exact) mass is 427 g/mol. The van der Waals surface area contributed by atoms with Gasteiger partial charge < -0.3 is 14.7 Å². The Hall–Kier alpha value is -3.03. The van der Waals surface area contributed by atoms with Crippen molar-refractivity contribution in [2.24, 2.45) is 0 Å². The van der Waals surface area contributed by atoms with Gasteiger partial charge in [0.05, 0.1) is 6.07 Å². The molecule has 2 heterocycles. The van der Waals surface area contributed by atoms with Crippen LogP contribution < -0.4 is 11.2 Å². The number of nitrogens with zero attached hydrogens (tertiary/aromatic N) is 3. The Morgan fingerprint density at radius 2 is 1.58 bits per heavy atom. The van der Waals surface area contributed by atoms with Crippen molar-refractivity contribution in [3.8, 4) is 5.88 Å². The Kier molecular flexibility index (Phi) is 6.44. The van der Waals surface area contributed by atoms with Crippen LogP contribution in [0.1, 0.15) is 62.6 Å². The minimum atomic E-state index is -0.443. The predicted octanol–water partition coefficient (Wildman–Crippen LogP) is 3.19. The molecule has 8 heteroatoms. The number of piperidine rings is 1. The lowest BCUT2D eigenvalue weighted by Gasteiger charge is -2.33. The van der Waals surface area contributed by atoms with E-state index in [9.17, 15) is 19.5 Å². The number of hydrogen-bond donors (Lipinski definition) is 1. The van der Waals surface area contributed by atoms with Crippen LogP contribution in [0.5, 0.6) is 5.88 Å². The minimum Gasteiger partial charge on any atom is -0.494 e. The lowest BCUT2D eigenvalue weighted by Crippen LogP contribution is -2.46. The van der Waals surface area contributed by atoms with Crippen molar-refractivity contribution >= 4 is 6.09 Å². The molecule has 0 radical (unpaired) electrons. The van der Waals surface area contributed by atoms with Crippen molar-refractivity contribution in [2.75, 3.05) is 13.1 Å². The smallest absolute Gasteiger partial charge is 0.410 e. The van der Waals surface area contributed by atoms with Gasteiger partial charge in [-0.1, -0.05) is 49.6 Å². The SMILES string of the molecule is O=C(OCc1ccccc1)N1CCC(n2c(O)cc(=O)n(C3CCCCC3)c2=O)CC1. The van der Waals surface area contributed by atoms with E-state index in [4.69, 9.17) is 4.74 Å². The van der Waals surface area contributed by atoms with Crippen LogP contribution in [0.15, 0.2) is 46.0 Å². The minimum absolute atomic E-state index is 0.103. The molecule has 1 aromatic carbocycles. The van der Waals surface area contributed by atoms with Crippen LogP contribution in [-0.4, -0.2) is 38.3 Å². The summed E-state index contributed by atoms with van der Waals surface area (Å²) in [5, 5.41) is 10.4. The van der Waals surface area contributed by atoms with Gasteiger partial charge >= 0.3 is 11.8 Å². The van der Waals surface area contributed by atoms with Crippen molar-refractivity contribution in [1.29, 1.82) is 0 Å². The third-order valence-electron chi connectivity index (χ3n) is 6.38. The van der Waals surface area contributed by atoms with Crippen molar-refractivity contribution in [3.05, 3.63) is 62.8 Å². The van der Waals surface area contributed by atoms with Gasteiger partial charge in [0, 0.05) is 25.2 Å². The summed E-state index contributed by atoms with van der Waals surface area (Å²) in [5.74, 6) is -0.299. The summed E-state index contributed by atoms with van der Waals surface area (Å²) >= 11 is 0. The van der Waals surface area contributed by atoms with Crippen molar-refractivity contribution in [1.82, 2.24) is 14.0 Å². The third-order valence-corrected chi connectivity index (χ3v) is 6.38. The average Bonchev–Trinajstić information content (AvgIpc) is 2.79. The highest BCUT2D eigenvalue weighted by atomic mass is 16.6. The van der Waals surface area contributed by atoms with Crippen molar-refractivity contribution < 1.29 is 14.6 Å². The molecule has 2 aliphatic rings. The molecule has 0 unspecified atom stereocenters. The summed E-state index contributed by atoms with van der Waals surface area (Å²) in [5.41, 5.74) is 0.0433. The Morgan fingerprint density at radius 3 is 2.26 bits per heavy atom. The first kappa shape index (κ1) is 21.2. The van der Waals surface area contributed by atoms with Crippen LogP contribution in [0.4, 0.5) is 4.79 Å². The molecule has 1 N–H and O–H groups in total. The number of benzene rings is 1. The number of aromatic hydroxyl groups is 1. The second kappa shape index (κ2) is 9.41. The zero-order chi connectivity index (χ0) is 21.8. The van der Waals surface area contributed by atoms with Crippen molar-refractivity contribution in [2.45, 2.75) is 63.6 Å². The van der Waals surface area contributed by atoms with E-state index in [1.165, 1.54) is 9.13 Å². The van der Waals surface area contributed by atoms with Crippen LogP contribution in [-0.2, 0) is 11.3 Å². The van der Waals surface area contributed by atoms with Gasteiger partial charge in [-0.3, -0.25) is 13.9 Å². The standard InChI is InChI=1S/C23H29N3O5/c27-20-15-21(28)26(22(29)25(20)18-9-5-2-6-10-18)19-11-13-24(14-12-19)23(30)31-16-17-7-3-1-4-8-17/h1,3-4,7-8,15,18-19,28H,2,5-6,9-14,16H2. The molecule has 8 nitrogen and oxygen atoms in total. The van der Waals surface area contributed by atoms with E-state index < -0.39 is 11.2 Å². The first-order valence-electron chi connectivity index (χ1n) is 11.1. The van der Waals surface area contributed by atoms with Gasteiger partial charge in [0.15, 0.2) is 0 Å². The predicted molar refractivity (Wildman–Crippen MR) is 115 cm³/mol. The quantitative estimate of drug-likeness (QED) is 0.809. The van der Waals surface area contributed by atoms with Gasteiger partial charge in [0.2, 0.25) is 5.88 Å². The summed E-state index contributed by atoms with van der Waals surface area (Å²) in [4.78, 5) is 39.6. The van der Waals surface area contributed by atoms with E-state index in [0.29, 0.717) is 25.9 Å². The molecule has 0 spiro atoms. The van der Waals surface area contributed by atoms with Crippen molar-refractivity contribution in [3.63, 3.8) is 0 Å². The molecule has 2 aromatic rings. The Balaban J connectivity index is 1.43. The molecule has 1 saturated heterocycles. The Bertz CT molecular complexity index is 1020. The molecule has 31 heavy (non-hydrogen) atoms. The number of likely N-dealkylation sites (tertiary alicyclic amines) is 1. The number of carbonyl (C=O) groups is 1. The molecule has 1 amide bonds. The van der Waals surface area contributed by atoms with E-state index in [1.807, 2.05) is 30.3 Å². The summed E-state index contributed by atoms with van der Waals surface area (Å²) in [6.45, 7) is 1.06. The number of carbonyl (C=O) groups excluding carboxylic acids is 1.